The second-order valence-corrected chi connectivity index (χ2v) is 14.0. The van der Waals surface area contributed by atoms with Gasteiger partial charge in [0.1, 0.15) is 23.7 Å². The molecule has 7 nitrogen and oxygen atoms in total. The number of rotatable bonds is 18. The molecule has 1 aliphatic rings. The largest absolute Gasteiger partial charge is 0.513 e. The minimum atomic E-state index is -1.31. The van der Waals surface area contributed by atoms with Gasteiger partial charge >= 0.3 is 6.16 Å². The van der Waals surface area contributed by atoms with Crippen LogP contribution in [-0.4, -0.2) is 53.5 Å². The van der Waals surface area contributed by atoms with Crippen molar-refractivity contribution in [2.75, 3.05) is 26.4 Å². The Kier molecular flexibility index (Phi) is 14.6. The average molecular weight is 593 g/mol. The zero-order valence-electron chi connectivity index (χ0n) is 27.8. The molecule has 1 aliphatic heterocycles. The molecule has 3 atom stereocenters. The van der Waals surface area contributed by atoms with Gasteiger partial charge in [-0.15, -0.1) is 0 Å². The fraction of sp³-hybridized carbons (Fsp3) is 0.800. The second-order valence-electron chi connectivity index (χ2n) is 14.0. The van der Waals surface area contributed by atoms with Crippen LogP contribution in [0.4, 0.5) is 4.79 Å². The Hall–Kier alpha value is -1.83. The van der Waals surface area contributed by atoms with Gasteiger partial charge in [0.05, 0.1) is 25.2 Å². The van der Waals surface area contributed by atoms with Crippen LogP contribution in [0.3, 0.4) is 0 Å². The van der Waals surface area contributed by atoms with Crippen LogP contribution in [0, 0.1) is 43.9 Å². The lowest BCUT2D eigenvalue weighted by Gasteiger charge is -2.38. The number of carbonyl (C=O) groups is 1. The Morgan fingerprint density at radius 1 is 0.857 bits per heavy atom. The summed E-state index contributed by atoms with van der Waals surface area (Å²) in [5.74, 6) is 3.73. The summed E-state index contributed by atoms with van der Waals surface area (Å²) < 4.78 is 17.5. The summed E-state index contributed by atoms with van der Waals surface area (Å²) in [6.07, 6.45) is 12.3. The van der Waals surface area contributed by atoms with Crippen molar-refractivity contribution < 1.29 is 34.3 Å². The second kappa shape index (κ2) is 16.9. The third-order valence-electron chi connectivity index (χ3n) is 9.53. The topological polar surface area (TPSA) is 105 Å². The maximum atomic E-state index is 12.5. The van der Waals surface area contributed by atoms with Crippen molar-refractivity contribution in [1.82, 2.24) is 0 Å². The van der Waals surface area contributed by atoms with Crippen LogP contribution in [0.2, 0.25) is 0 Å². The normalized spacial score (nSPS) is 18.4. The predicted octanol–water partition coefficient (Wildman–Crippen LogP) is 7.61. The highest BCUT2D eigenvalue weighted by molar-refractivity contribution is 5.68. The Bertz CT molecular complexity index is 976. The van der Waals surface area contributed by atoms with Gasteiger partial charge in [-0.05, 0) is 87.8 Å². The third kappa shape index (κ3) is 10.4. The number of hydrogen-bond acceptors (Lipinski definition) is 7. The average Bonchev–Trinajstić information content (AvgIpc) is 2.95. The summed E-state index contributed by atoms with van der Waals surface area (Å²) in [5, 5.41) is 28.4. The number of hydrogen-bond donors (Lipinski definition) is 3. The molecule has 2 rings (SSSR count). The fourth-order valence-electron chi connectivity index (χ4n) is 6.02. The highest BCUT2D eigenvalue weighted by atomic mass is 16.7. The fourth-order valence-corrected chi connectivity index (χ4v) is 6.02. The van der Waals surface area contributed by atoms with Crippen molar-refractivity contribution in [2.45, 2.75) is 132 Å². The smallest absolute Gasteiger partial charge is 0.487 e. The summed E-state index contributed by atoms with van der Waals surface area (Å²) in [6, 6.07) is 0. The molecule has 242 valence electrons. The van der Waals surface area contributed by atoms with E-state index in [1.54, 1.807) is 0 Å². The van der Waals surface area contributed by atoms with Gasteiger partial charge in [0.2, 0.25) is 0 Å². The van der Waals surface area contributed by atoms with Gasteiger partial charge in [0.15, 0.2) is 0 Å². The minimum absolute atomic E-state index is 0.217. The number of carbonyl (C=O) groups excluding carboxylic acids is 1. The first-order valence-corrected chi connectivity index (χ1v) is 16.3. The first-order valence-electron chi connectivity index (χ1n) is 16.3. The van der Waals surface area contributed by atoms with Gasteiger partial charge in [-0.2, -0.15) is 0 Å². The highest BCUT2D eigenvalue weighted by Crippen LogP contribution is 2.45. The number of fused-ring (bicyclic) bond motifs is 1. The molecule has 0 aliphatic carbocycles. The van der Waals surface area contributed by atoms with E-state index in [9.17, 15) is 20.1 Å². The Labute approximate surface area is 255 Å². The molecule has 1 aromatic carbocycles. The Morgan fingerprint density at radius 3 is 1.95 bits per heavy atom. The first kappa shape index (κ1) is 36.4. The van der Waals surface area contributed by atoms with Gasteiger partial charge < -0.3 is 29.5 Å². The van der Waals surface area contributed by atoms with E-state index in [1.165, 1.54) is 44.9 Å². The van der Waals surface area contributed by atoms with Gasteiger partial charge in [-0.25, -0.2) is 4.79 Å². The molecule has 0 fully saturated rings. The van der Waals surface area contributed by atoms with Gasteiger partial charge in [0, 0.05) is 5.56 Å². The maximum Gasteiger partial charge on any atom is 0.513 e. The molecule has 0 bridgehead atoms. The van der Waals surface area contributed by atoms with E-state index in [0.29, 0.717) is 5.75 Å². The molecule has 3 N–H and O–H groups in total. The molecule has 7 heteroatoms. The summed E-state index contributed by atoms with van der Waals surface area (Å²) >= 11 is 0. The summed E-state index contributed by atoms with van der Waals surface area (Å²) in [7, 11) is 0. The lowest BCUT2D eigenvalue weighted by Crippen LogP contribution is -2.39. The van der Waals surface area contributed by atoms with E-state index in [4.69, 9.17) is 14.2 Å². The number of aliphatic hydroxyl groups is 3. The van der Waals surface area contributed by atoms with E-state index in [-0.39, 0.29) is 12.2 Å². The van der Waals surface area contributed by atoms with Crippen LogP contribution < -0.4 is 9.47 Å². The summed E-state index contributed by atoms with van der Waals surface area (Å²) in [4.78, 5) is 12.5. The zero-order chi connectivity index (χ0) is 31.5. The van der Waals surface area contributed by atoms with E-state index < -0.39 is 31.4 Å². The molecule has 0 radical (unpaired) electrons. The SMILES string of the molecule is Cc1c(C)c2c(c(C)c1OC(=O)OCC(CO)(CO)CO)CCC(C)(CCCC(C)CCCC(C)CCCC(C)C)O2. The molecular weight excluding hydrogens is 532 g/mol. The van der Waals surface area contributed by atoms with Crippen molar-refractivity contribution in [3.05, 3.63) is 22.3 Å². The van der Waals surface area contributed by atoms with Crippen LogP contribution in [-0.2, 0) is 11.2 Å². The van der Waals surface area contributed by atoms with Gasteiger partial charge in [-0.1, -0.05) is 72.6 Å². The predicted molar refractivity (Wildman–Crippen MR) is 168 cm³/mol. The van der Waals surface area contributed by atoms with E-state index >= 15 is 0 Å². The molecule has 0 saturated heterocycles. The lowest BCUT2D eigenvalue weighted by atomic mass is 9.83. The van der Waals surface area contributed by atoms with Crippen molar-refractivity contribution in [1.29, 1.82) is 0 Å². The van der Waals surface area contributed by atoms with Gasteiger partial charge in [0.25, 0.3) is 0 Å². The zero-order valence-corrected chi connectivity index (χ0v) is 27.8. The first-order chi connectivity index (χ1) is 19.8. The van der Waals surface area contributed by atoms with Crippen molar-refractivity contribution in [3.63, 3.8) is 0 Å². The molecule has 0 saturated carbocycles. The molecule has 0 aromatic heterocycles. The van der Waals surface area contributed by atoms with E-state index in [2.05, 4.69) is 34.6 Å². The number of benzene rings is 1. The van der Waals surface area contributed by atoms with Crippen LogP contribution >= 0.6 is 0 Å². The third-order valence-corrected chi connectivity index (χ3v) is 9.53. The minimum Gasteiger partial charge on any atom is -0.487 e. The Balaban J connectivity index is 1.91. The van der Waals surface area contributed by atoms with Crippen LogP contribution in [0.1, 0.15) is 121 Å². The van der Waals surface area contributed by atoms with Crippen LogP contribution in [0.5, 0.6) is 11.5 Å². The standard InChI is InChI=1S/C35H60O7/c1-24(2)12-9-13-25(3)14-10-15-26(4)16-11-18-34(8)19-17-30-29(7)31(27(5)28(6)32(30)42-34)41-33(39)40-23-35(20-36,21-37)22-38/h24-26,36-38H,9-23H2,1-8H3. The van der Waals surface area contributed by atoms with E-state index in [0.717, 1.165) is 71.4 Å². The highest BCUT2D eigenvalue weighted by Gasteiger charge is 2.35. The number of ether oxygens (including phenoxy) is 3. The monoisotopic (exact) mass is 592 g/mol. The van der Waals surface area contributed by atoms with Crippen LogP contribution in [0.15, 0.2) is 0 Å². The van der Waals surface area contributed by atoms with Crippen LogP contribution in [0.25, 0.3) is 0 Å². The number of aliphatic hydroxyl groups excluding tert-OH is 3. The van der Waals surface area contributed by atoms with E-state index in [1.807, 2.05) is 20.8 Å². The summed E-state index contributed by atoms with van der Waals surface area (Å²) in [6.45, 7) is 15.6. The molecule has 42 heavy (non-hydrogen) atoms. The lowest BCUT2D eigenvalue weighted by molar-refractivity contribution is -0.0445. The van der Waals surface area contributed by atoms with Crippen molar-refractivity contribution in [2.24, 2.45) is 23.2 Å². The molecule has 0 amide bonds. The maximum absolute atomic E-state index is 12.5. The quantitative estimate of drug-likeness (QED) is 0.119. The van der Waals surface area contributed by atoms with Crippen molar-refractivity contribution in [3.8, 4) is 11.5 Å². The van der Waals surface area contributed by atoms with Gasteiger partial charge in [-0.3, -0.25) is 0 Å². The van der Waals surface area contributed by atoms with Crippen molar-refractivity contribution >= 4 is 6.16 Å². The molecule has 1 aromatic rings. The molecule has 1 heterocycles. The Morgan fingerprint density at radius 2 is 1.40 bits per heavy atom. The summed E-state index contributed by atoms with van der Waals surface area (Å²) in [5.41, 5.74) is 2.16. The molecular formula is C35H60O7. The molecule has 0 spiro atoms. The molecule has 3 unspecified atom stereocenters.